The third kappa shape index (κ3) is 3.11. The van der Waals surface area contributed by atoms with E-state index in [-0.39, 0.29) is 6.10 Å². The van der Waals surface area contributed by atoms with Gasteiger partial charge in [0.2, 0.25) is 5.88 Å². The molecule has 2 atom stereocenters. The van der Waals surface area contributed by atoms with E-state index < -0.39 is 0 Å². The van der Waals surface area contributed by atoms with Crippen LogP contribution in [0.4, 0.5) is 0 Å². The van der Waals surface area contributed by atoms with E-state index in [1.807, 2.05) is 36.4 Å². The second kappa shape index (κ2) is 6.06. The van der Waals surface area contributed by atoms with Gasteiger partial charge in [-0.2, -0.15) is 0 Å². The van der Waals surface area contributed by atoms with Crippen molar-refractivity contribution in [2.24, 2.45) is 0 Å². The Bertz CT molecular complexity index is 638. The monoisotopic (exact) mass is 282 g/mol. The number of nitrogens with zero attached hydrogens (tertiary/aromatic N) is 1. The third-order valence-electron chi connectivity index (χ3n) is 3.78. The molecule has 0 spiro atoms. The van der Waals surface area contributed by atoms with Crippen molar-refractivity contribution in [2.75, 3.05) is 6.54 Å². The summed E-state index contributed by atoms with van der Waals surface area (Å²) in [6, 6.07) is 13.5. The summed E-state index contributed by atoms with van der Waals surface area (Å²) in [7, 11) is 0. The molecule has 1 aliphatic heterocycles. The molecule has 1 fully saturated rings. The standard InChI is InChI=1S/C17H18N2O2/c1-12(15-8-9-18-15)21-17-7-3-6-16(19-17)14-5-2-4-13(10-14)11-20/h2-7,10-12,15,18H,8-9H2,1H3/t12-,15?/m1/s1. The first-order valence-corrected chi connectivity index (χ1v) is 7.19. The predicted octanol–water partition coefficient (Wildman–Crippen LogP) is 2.69. The van der Waals surface area contributed by atoms with Crippen molar-refractivity contribution < 1.29 is 9.53 Å². The molecule has 1 aromatic carbocycles. The minimum atomic E-state index is 0.0998. The Hall–Kier alpha value is -2.20. The highest BCUT2D eigenvalue weighted by atomic mass is 16.5. The lowest BCUT2D eigenvalue weighted by Crippen LogP contribution is -2.51. The van der Waals surface area contributed by atoms with Gasteiger partial charge in [-0.05, 0) is 32.0 Å². The maximum absolute atomic E-state index is 10.9. The molecule has 1 aliphatic rings. The van der Waals surface area contributed by atoms with Crippen LogP contribution in [-0.4, -0.2) is 30.0 Å². The number of aldehydes is 1. The lowest BCUT2D eigenvalue weighted by Gasteiger charge is -2.32. The van der Waals surface area contributed by atoms with Crippen molar-refractivity contribution in [1.82, 2.24) is 10.3 Å². The number of ether oxygens (including phenoxy) is 1. The van der Waals surface area contributed by atoms with Crippen molar-refractivity contribution in [3.05, 3.63) is 48.0 Å². The number of nitrogens with one attached hydrogen (secondary N) is 1. The van der Waals surface area contributed by atoms with Gasteiger partial charge >= 0.3 is 0 Å². The Kier molecular flexibility index (Phi) is 3.97. The summed E-state index contributed by atoms with van der Waals surface area (Å²) >= 11 is 0. The summed E-state index contributed by atoms with van der Waals surface area (Å²) in [5.41, 5.74) is 2.37. The number of benzene rings is 1. The van der Waals surface area contributed by atoms with Crippen LogP contribution in [0.1, 0.15) is 23.7 Å². The molecule has 3 rings (SSSR count). The van der Waals surface area contributed by atoms with E-state index in [1.165, 1.54) is 0 Å². The van der Waals surface area contributed by atoms with E-state index in [0.29, 0.717) is 17.5 Å². The minimum Gasteiger partial charge on any atom is -0.473 e. The van der Waals surface area contributed by atoms with Crippen LogP contribution in [0, 0.1) is 0 Å². The second-order valence-electron chi connectivity index (χ2n) is 5.28. The predicted molar refractivity (Wildman–Crippen MR) is 81.6 cm³/mol. The largest absolute Gasteiger partial charge is 0.473 e. The van der Waals surface area contributed by atoms with E-state index in [4.69, 9.17) is 4.74 Å². The zero-order valence-corrected chi connectivity index (χ0v) is 12.0. The molecule has 4 heteroatoms. The van der Waals surface area contributed by atoms with Crippen molar-refractivity contribution >= 4 is 6.29 Å². The summed E-state index contributed by atoms with van der Waals surface area (Å²) in [6.45, 7) is 3.11. The summed E-state index contributed by atoms with van der Waals surface area (Å²) in [4.78, 5) is 15.4. The van der Waals surface area contributed by atoms with Crippen LogP contribution in [0.2, 0.25) is 0 Å². The zero-order valence-electron chi connectivity index (χ0n) is 12.0. The molecule has 0 radical (unpaired) electrons. The fraction of sp³-hybridized carbons (Fsp3) is 0.294. The van der Waals surface area contributed by atoms with Crippen molar-refractivity contribution in [2.45, 2.75) is 25.5 Å². The average Bonchev–Trinajstić information content (AvgIpc) is 2.45. The Labute approximate surface area is 124 Å². The quantitative estimate of drug-likeness (QED) is 0.857. The summed E-state index contributed by atoms with van der Waals surface area (Å²) in [5.74, 6) is 0.616. The van der Waals surface area contributed by atoms with Crippen LogP contribution in [0.15, 0.2) is 42.5 Å². The van der Waals surface area contributed by atoms with Crippen molar-refractivity contribution in [3.8, 4) is 17.1 Å². The Balaban J connectivity index is 1.80. The summed E-state index contributed by atoms with van der Waals surface area (Å²) in [5, 5.41) is 3.34. The van der Waals surface area contributed by atoms with Gasteiger partial charge in [-0.3, -0.25) is 4.79 Å². The first kappa shape index (κ1) is 13.8. The van der Waals surface area contributed by atoms with Crippen LogP contribution >= 0.6 is 0 Å². The lowest BCUT2D eigenvalue weighted by molar-refractivity contribution is 0.112. The number of hydrogen-bond donors (Lipinski definition) is 1. The van der Waals surface area contributed by atoms with Gasteiger partial charge in [0.15, 0.2) is 0 Å². The molecule has 2 aromatic rings. The third-order valence-corrected chi connectivity index (χ3v) is 3.78. The number of carbonyl (C=O) groups excluding carboxylic acids is 1. The summed E-state index contributed by atoms with van der Waals surface area (Å²) < 4.78 is 5.89. The molecule has 0 saturated carbocycles. The fourth-order valence-corrected chi connectivity index (χ4v) is 2.40. The molecule has 108 valence electrons. The van der Waals surface area contributed by atoms with E-state index in [9.17, 15) is 4.79 Å². The second-order valence-corrected chi connectivity index (χ2v) is 5.28. The molecule has 2 heterocycles. The van der Waals surface area contributed by atoms with Gasteiger partial charge in [0.1, 0.15) is 12.4 Å². The van der Waals surface area contributed by atoms with Gasteiger partial charge in [0.25, 0.3) is 0 Å². The van der Waals surface area contributed by atoms with Crippen LogP contribution in [0.25, 0.3) is 11.3 Å². The molecule has 0 amide bonds. The number of pyridine rings is 1. The van der Waals surface area contributed by atoms with E-state index in [2.05, 4.69) is 17.2 Å². The molecule has 1 unspecified atom stereocenters. The number of hydrogen-bond acceptors (Lipinski definition) is 4. The highest BCUT2D eigenvalue weighted by Crippen LogP contribution is 2.22. The molecule has 0 aliphatic carbocycles. The molecule has 1 N–H and O–H groups in total. The molecule has 4 nitrogen and oxygen atoms in total. The lowest BCUT2D eigenvalue weighted by atomic mass is 10.0. The van der Waals surface area contributed by atoms with Crippen LogP contribution < -0.4 is 10.1 Å². The van der Waals surface area contributed by atoms with Crippen molar-refractivity contribution in [1.29, 1.82) is 0 Å². The number of aromatic nitrogens is 1. The van der Waals surface area contributed by atoms with Gasteiger partial charge in [0, 0.05) is 23.2 Å². The van der Waals surface area contributed by atoms with Crippen molar-refractivity contribution in [3.63, 3.8) is 0 Å². The SMILES string of the molecule is C[C@@H](Oc1cccc(-c2cccc(C=O)c2)n1)C1CCN1. The molecular weight excluding hydrogens is 264 g/mol. The smallest absolute Gasteiger partial charge is 0.214 e. The Morgan fingerprint density at radius 2 is 2.14 bits per heavy atom. The first-order chi connectivity index (χ1) is 10.3. The van der Waals surface area contributed by atoms with E-state index in [1.54, 1.807) is 6.07 Å². The summed E-state index contributed by atoms with van der Waals surface area (Å²) in [6.07, 6.45) is 2.08. The van der Waals surface area contributed by atoms with Gasteiger partial charge in [-0.25, -0.2) is 4.98 Å². The molecule has 1 saturated heterocycles. The molecular formula is C17H18N2O2. The number of carbonyl (C=O) groups is 1. The Morgan fingerprint density at radius 1 is 1.33 bits per heavy atom. The van der Waals surface area contributed by atoms with Crippen LogP contribution in [0.5, 0.6) is 5.88 Å². The maximum atomic E-state index is 10.9. The molecule has 21 heavy (non-hydrogen) atoms. The van der Waals surface area contributed by atoms with E-state index >= 15 is 0 Å². The molecule has 1 aromatic heterocycles. The highest BCUT2D eigenvalue weighted by Gasteiger charge is 2.24. The maximum Gasteiger partial charge on any atom is 0.214 e. The van der Waals surface area contributed by atoms with Gasteiger partial charge in [-0.1, -0.05) is 24.3 Å². The number of rotatable bonds is 5. The normalized spacial score (nSPS) is 18.6. The highest BCUT2D eigenvalue weighted by molar-refractivity contribution is 5.78. The molecule has 0 bridgehead atoms. The first-order valence-electron chi connectivity index (χ1n) is 7.19. The van der Waals surface area contributed by atoms with E-state index in [0.717, 1.165) is 30.5 Å². The average molecular weight is 282 g/mol. The van der Waals surface area contributed by atoms with Gasteiger partial charge in [-0.15, -0.1) is 0 Å². The Morgan fingerprint density at radius 3 is 2.86 bits per heavy atom. The van der Waals surface area contributed by atoms with Gasteiger partial charge < -0.3 is 10.1 Å². The van der Waals surface area contributed by atoms with Crippen LogP contribution in [0.3, 0.4) is 0 Å². The minimum absolute atomic E-state index is 0.0998. The van der Waals surface area contributed by atoms with Crippen LogP contribution in [-0.2, 0) is 0 Å². The topological polar surface area (TPSA) is 51.2 Å². The zero-order chi connectivity index (χ0) is 14.7. The fourth-order valence-electron chi connectivity index (χ4n) is 2.40. The van der Waals surface area contributed by atoms with Gasteiger partial charge in [0.05, 0.1) is 5.69 Å².